The fraction of sp³-hybridized carbons (Fsp3) is 1.00. The summed E-state index contributed by atoms with van der Waals surface area (Å²) in [6.45, 7) is 6.88. The first-order valence-corrected chi connectivity index (χ1v) is 8.32. The Morgan fingerprint density at radius 3 is 2.19 bits per heavy atom. The molecule has 1 N–H and O–H groups in total. The molecule has 1 aliphatic heterocycles. The third kappa shape index (κ3) is 2.28. The van der Waals surface area contributed by atoms with E-state index >= 15 is 0 Å². The van der Waals surface area contributed by atoms with Crippen LogP contribution in [-0.4, -0.2) is 39.7 Å². The van der Waals surface area contributed by atoms with Gasteiger partial charge in [0.05, 0.1) is 0 Å². The zero-order valence-corrected chi connectivity index (χ0v) is 11.5. The maximum atomic E-state index is 11.6. The Bertz CT molecular complexity index is 345. The highest BCUT2D eigenvalue weighted by molar-refractivity contribution is 7.92. The molecule has 1 atom stereocenters. The quantitative estimate of drug-likeness (QED) is 0.810. The van der Waals surface area contributed by atoms with E-state index in [9.17, 15) is 4.21 Å². The molecule has 2 aliphatic rings. The highest BCUT2D eigenvalue weighted by Gasteiger charge is 2.48. The van der Waals surface area contributed by atoms with Gasteiger partial charge in [-0.2, -0.15) is 0 Å². The number of piperidine rings is 1. The zero-order valence-electron chi connectivity index (χ0n) is 10.7. The molecule has 0 aromatic rings. The molecule has 0 bridgehead atoms. The van der Waals surface area contributed by atoms with Gasteiger partial charge in [-0.25, -0.2) is 4.21 Å². The molecule has 0 radical (unpaired) electrons. The van der Waals surface area contributed by atoms with Crippen molar-refractivity contribution in [1.29, 1.82) is 4.78 Å². The van der Waals surface area contributed by atoms with Gasteiger partial charge in [0.15, 0.2) is 0 Å². The van der Waals surface area contributed by atoms with Gasteiger partial charge in [-0.3, -0.25) is 4.78 Å². The Morgan fingerprint density at radius 2 is 1.81 bits per heavy atom. The third-order valence-electron chi connectivity index (χ3n) is 4.55. The standard InChI is InChI=1S/C12H24N2OS/c1-10(2)14-6-4-12(5-7-14)8-11(9-12)16(3,13)15/h10-11,13H,4-9H2,1-3H3. The normalized spacial score (nSPS) is 30.2. The van der Waals surface area contributed by atoms with E-state index in [0.29, 0.717) is 11.5 Å². The first-order chi connectivity index (χ1) is 7.32. The van der Waals surface area contributed by atoms with E-state index in [1.165, 1.54) is 25.9 Å². The second-order valence-electron chi connectivity index (χ2n) is 6.06. The van der Waals surface area contributed by atoms with Crippen molar-refractivity contribution in [3.63, 3.8) is 0 Å². The second kappa shape index (κ2) is 3.98. The van der Waals surface area contributed by atoms with Crippen molar-refractivity contribution >= 4 is 9.73 Å². The van der Waals surface area contributed by atoms with Crippen LogP contribution in [0.3, 0.4) is 0 Å². The largest absolute Gasteiger partial charge is 0.301 e. The van der Waals surface area contributed by atoms with E-state index in [4.69, 9.17) is 4.78 Å². The summed E-state index contributed by atoms with van der Waals surface area (Å²) in [7, 11) is -2.28. The van der Waals surface area contributed by atoms with Gasteiger partial charge in [0.25, 0.3) is 0 Å². The molecule has 1 saturated heterocycles. The lowest BCUT2D eigenvalue weighted by Gasteiger charge is -2.52. The lowest BCUT2D eigenvalue weighted by atomic mass is 9.63. The van der Waals surface area contributed by atoms with Crippen LogP contribution in [0.25, 0.3) is 0 Å². The molecule has 1 heterocycles. The van der Waals surface area contributed by atoms with Crippen molar-refractivity contribution < 1.29 is 4.21 Å². The van der Waals surface area contributed by atoms with Crippen molar-refractivity contribution in [2.75, 3.05) is 19.3 Å². The van der Waals surface area contributed by atoms with Crippen LogP contribution >= 0.6 is 0 Å². The van der Waals surface area contributed by atoms with Crippen LogP contribution in [0.4, 0.5) is 0 Å². The van der Waals surface area contributed by atoms with Crippen molar-refractivity contribution in [1.82, 2.24) is 4.90 Å². The van der Waals surface area contributed by atoms with Crippen molar-refractivity contribution in [2.45, 2.75) is 50.8 Å². The number of hydrogen-bond donors (Lipinski definition) is 1. The summed E-state index contributed by atoms with van der Waals surface area (Å²) in [5, 5.41) is 0.179. The fourth-order valence-corrected chi connectivity index (χ4v) is 4.49. The average molecular weight is 244 g/mol. The van der Waals surface area contributed by atoms with E-state index in [2.05, 4.69) is 18.7 Å². The Morgan fingerprint density at radius 1 is 1.31 bits per heavy atom. The van der Waals surface area contributed by atoms with Gasteiger partial charge in [0.2, 0.25) is 0 Å². The molecular formula is C12H24N2OS. The van der Waals surface area contributed by atoms with Crippen LogP contribution in [0.5, 0.6) is 0 Å². The highest BCUT2D eigenvalue weighted by atomic mass is 32.2. The Balaban J connectivity index is 1.88. The van der Waals surface area contributed by atoms with E-state index in [0.717, 1.165) is 12.8 Å². The topological polar surface area (TPSA) is 44.2 Å². The molecule has 2 rings (SSSR count). The van der Waals surface area contributed by atoms with Crippen LogP contribution < -0.4 is 0 Å². The summed E-state index contributed by atoms with van der Waals surface area (Å²) in [6, 6.07) is 0.653. The molecule has 1 unspecified atom stereocenters. The summed E-state index contributed by atoms with van der Waals surface area (Å²) < 4.78 is 19.2. The molecule has 0 aromatic heterocycles. The smallest absolute Gasteiger partial charge is 0.0441 e. The molecule has 1 spiro atoms. The van der Waals surface area contributed by atoms with Gasteiger partial charge in [-0.05, 0) is 58.0 Å². The van der Waals surface area contributed by atoms with E-state index in [1.54, 1.807) is 6.26 Å². The number of nitrogens with zero attached hydrogens (tertiary/aromatic N) is 1. The van der Waals surface area contributed by atoms with E-state index in [-0.39, 0.29) is 5.25 Å². The van der Waals surface area contributed by atoms with Gasteiger partial charge in [0.1, 0.15) is 0 Å². The number of rotatable bonds is 2. The molecule has 1 aliphatic carbocycles. The first kappa shape index (κ1) is 12.4. The molecule has 1 saturated carbocycles. The number of likely N-dealkylation sites (tertiary alicyclic amines) is 1. The summed E-state index contributed by atoms with van der Waals surface area (Å²) in [4.78, 5) is 2.53. The van der Waals surface area contributed by atoms with Crippen molar-refractivity contribution in [2.24, 2.45) is 5.41 Å². The molecule has 0 aromatic carbocycles. The molecule has 3 nitrogen and oxygen atoms in total. The monoisotopic (exact) mass is 244 g/mol. The van der Waals surface area contributed by atoms with Gasteiger partial charge in [-0.1, -0.05) is 0 Å². The SMILES string of the molecule is CC(C)N1CCC2(CC1)CC(S(C)(=N)=O)C2. The van der Waals surface area contributed by atoms with Crippen LogP contribution in [0.2, 0.25) is 0 Å². The van der Waals surface area contributed by atoms with Gasteiger partial charge >= 0.3 is 0 Å². The van der Waals surface area contributed by atoms with Gasteiger partial charge in [-0.15, -0.1) is 0 Å². The Labute approximate surface area is 99.6 Å². The van der Waals surface area contributed by atoms with Crippen LogP contribution in [0, 0.1) is 10.2 Å². The first-order valence-electron chi connectivity index (χ1n) is 6.29. The maximum Gasteiger partial charge on any atom is 0.0441 e. The minimum Gasteiger partial charge on any atom is -0.301 e. The number of nitrogens with one attached hydrogen (secondary N) is 1. The van der Waals surface area contributed by atoms with E-state index in [1.807, 2.05) is 0 Å². The molecule has 16 heavy (non-hydrogen) atoms. The molecular weight excluding hydrogens is 220 g/mol. The zero-order chi connectivity index (χ0) is 12.0. The Hall–Kier alpha value is -0.0900. The summed E-state index contributed by atoms with van der Waals surface area (Å²) in [5.74, 6) is 0. The van der Waals surface area contributed by atoms with Crippen molar-refractivity contribution in [3.05, 3.63) is 0 Å². The predicted molar refractivity (Wildman–Crippen MR) is 68.2 cm³/mol. The third-order valence-corrected chi connectivity index (χ3v) is 6.15. The lowest BCUT2D eigenvalue weighted by Crippen LogP contribution is -2.52. The second-order valence-corrected chi connectivity index (χ2v) is 8.54. The average Bonchev–Trinajstić information content (AvgIpc) is 2.12. The van der Waals surface area contributed by atoms with Crippen LogP contribution in [-0.2, 0) is 9.73 Å². The Kier molecular flexibility index (Phi) is 3.08. The maximum absolute atomic E-state index is 11.6. The van der Waals surface area contributed by atoms with Crippen LogP contribution in [0.1, 0.15) is 39.5 Å². The van der Waals surface area contributed by atoms with Crippen molar-refractivity contribution in [3.8, 4) is 0 Å². The predicted octanol–water partition coefficient (Wildman–Crippen LogP) is 2.32. The fourth-order valence-electron chi connectivity index (χ4n) is 3.15. The van der Waals surface area contributed by atoms with E-state index < -0.39 is 9.73 Å². The summed E-state index contributed by atoms with van der Waals surface area (Å²) in [6.07, 6.45) is 6.18. The molecule has 4 heteroatoms. The highest BCUT2D eigenvalue weighted by Crippen LogP contribution is 2.51. The summed E-state index contributed by atoms with van der Waals surface area (Å²) >= 11 is 0. The van der Waals surface area contributed by atoms with Crippen LogP contribution in [0.15, 0.2) is 0 Å². The van der Waals surface area contributed by atoms with Gasteiger partial charge < -0.3 is 4.90 Å². The molecule has 0 amide bonds. The van der Waals surface area contributed by atoms with Gasteiger partial charge in [0, 0.05) is 27.3 Å². The molecule has 94 valence electrons. The number of hydrogen-bond acceptors (Lipinski definition) is 3. The minimum atomic E-state index is -2.28. The summed E-state index contributed by atoms with van der Waals surface area (Å²) in [5.41, 5.74) is 0.454. The minimum absolute atomic E-state index is 0.179. The molecule has 2 fully saturated rings. The lowest BCUT2D eigenvalue weighted by molar-refractivity contribution is 0.0254.